The Hall–Kier alpha value is -11.0. The number of aryl methyl sites for hydroxylation is 2. The van der Waals surface area contributed by atoms with Gasteiger partial charge in [-0.25, -0.2) is 40.5 Å². The van der Waals surface area contributed by atoms with Gasteiger partial charge in [-0.2, -0.15) is 23.4 Å². The molecule has 36 heteroatoms. The number of hydrogen-bond acceptors (Lipinski definition) is 19. The zero-order valence-corrected chi connectivity index (χ0v) is 61.7. The first-order chi connectivity index (χ1) is 52.0. The van der Waals surface area contributed by atoms with Gasteiger partial charge in [-0.05, 0) is 128 Å². The number of rotatable bonds is 28. The molecule has 590 valence electrons. The normalized spacial score (nSPS) is 10.4. The molecule has 0 aliphatic carbocycles. The third-order valence-corrected chi connectivity index (χ3v) is 14.3. The van der Waals surface area contributed by atoms with Gasteiger partial charge in [-0.3, -0.25) is 30.3 Å². The Morgan fingerprint density at radius 3 is 1.44 bits per heavy atom. The Morgan fingerprint density at radius 1 is 0.518 bits per heavy atom. The van der Waals surface area contributed by atoms with E-state index in [0.717, 1.165) is 46.0 Å². The molecular weight excluding hydrogens is 1530 g/mol. The number of hydrogen-bond donors (Lipinski definition) is 3. The number of amides is 1. The van der Waals surface area contributed by atoms with Gasteiger partial charge in [0.05, 0.1) is 71.2 Å². The number of methoxy groups -OCH3 is 4. The van der Waals surface area contributed by atoms with Gasteiger partial charge < -0.3 is 54.1 Å². The van der Waals surface area contributed by atoms with Crippen molar-refractivity contribution in [1.29, 1.82) is 0 Å². The van der Waals surface area contributed by atoms with Gasteiger partial charge in [0.2, 0.25) is 0 Å². The maximum absolute atomic E-state index is 14.2. The van der Waals surface area contributed by atoms with E-state index in [-0.39, 0.29) is 91.0 Å². The zero-order valence-electron chi connectivity index (χ0n) is 59.3. The minimum Gasteiger partial charge on any atom is -0.488 e. The number of nitrogens with two attached hydrogens (primary N) is 2. The van der Waals surface area contributed by atoms with Crippen molar-refractivity contribution in [3.05, 3.63) is 276 Å². The number of carbonyl (C=O) groups is 2. The van der Waals surface area contributed by atoms with Crippen molar-refractivity contribution in [3.8, 4) is 40.1 Å². The smallest absolute Gasteiger partial charge is 0.435 e. The molecule has 2 heterocycles. The Kier molecular flexibility index (Phi) is 39.6. The third kappa shape index (κ3) is 32.0. The van der Waals surface area contributed by atoms with Crippen LogP contribution in [-0.2, 0) is 49.3 Å². The van der Waals surface area contributed by atoms with Crippen molar-refractivity contribution < 1.29 is 102 Å². The summed E-state index contributed by atoms with van der Waals surface area (Å²) in [5.41, 5.74) is 13.7. The van der Waals surface area contributed by atoms with Gasteiger partial charge in [0.1, 0.15) is 38.0 Å². The number of nitrogens with zero attached hydrogens (tertiary/aromatic N) is 6. The summed E-state index contributed by atoms with van der Waals surface area (Å²) in [5.74, 6) is -3.68. The van der Waals surface area contributed by atoms with Gasteiger partial charge in [0, 0.05) is 99.2 Å². The molecule has 1 amide bonds. The largest absolute Gasteiger partial charge is 0.488 e. The molecule has 0 spiro atoms. The molecule has 24 nitrogen and oxygen atoms in total. The number of ether oxygens (including phenoxy) is 9. The lowest BCUT2D eigenvalue weighted by Crippen LogP contribution is -2.16. The molecule has 0 radical (unpaired) electrons. The molecule has 10 aromatic rings. The number of ketones is 1. The molecule has 0 aliphatic rings. The lowest BCUT2D eigenvalue weighted by atomic mass is 10.0. The monoisotopic (exact) mass is 1610 g/mol. The minimum absolute atomic E-state index is 0. The van der Waals surface area contributed by atoms with Crippen LogP contribution >= 0.6 is 35.6 Å². The number of Topliss-reactive ketones (excluding diaryl/α,β-unsaturated/α-hetero) is 1. The second-order valence-electron chi connectivity index (χ2n) is 22.0. The highest BCUT2D eigenvalue weighted by molar-refractivity contribution is 6.31. The first kappa shape index (κ1) is 91.3. The highest BCUT2D eigenvalue weighted by atomic mass is 35.5. The molecule has 0 saturated carbocycles. The van der Waals surface area contributed by atoms with Crippen LogP contribution in [0.5, 0.6) is 28.7 Å². The highest BCUT2D eigenvalue weighted by Crippen LogP contribution is 2.31. The van der Waals surface area contributed by atoms with Gasteiger partial charge in [-0.15, -0.1) is 12.4 Å². The van der Waals surface area contributed by atoms with E-state index in [9.17, 15) is 69.3 Å². The summed E-state index contributed by atoms with van der Waals surface area (Å²) in [5, 5.41) is 31.8. The number of aromatic nitrogens is 4. The van der Waals surface area contributed by atoms with E-state index in [4.69, 9.17) is 77.3 Å². The van der Waals surface area contributed by atoms with Crippen LogP contribution in [-0.4, -0.2) is 123 Å². The lowest BCUT2D eigenvalue weighted by molar-refractivity contribution is -0.385. The summed E-state index contributed by atoms with van der Waals surface area (Å²) in [6.45, 7) is 4.42. The zero-order chi connectivity index (χ0) is 80.0. The number of para-hydroxylation sites is 1. The van der Waals surface area contributed by atoms with Crippen LogP contribution in [0.1, 0.15) is 34.8 Å². The Labute approximate surface area is 641 Å². The maximum Gasteiger partial charge on any atom is 0.435 e. The number of halogens is 12. The average molecular weight is 1610 g/mol. The maximum atomic E-state index is 14.2. The van der Waals surface area contributed by atoms with E-state index in [0.29, 0.717) is 90.7 Å². The summed E-state index contributed by atoms with van der Waals surface area (Å²) in [6, 6.07) is 43.7. The summed E-state index contributed by atoms with van der Waals surface area (Å²) in [6.07, 6.45) is -4.15. The van der Waals surface area contributed by atoms with Gasteiger partial charge in [-0.1, -0.05) is 59.6 Å². The van der Waals surface area contributed by atoms with Crippen molar-refractivity contribution in [2.75, 3.05) is 92.3 Å². The Morgan fingerprint density at radius 2 is 0.982 bits per heavy atom. The summed E-state index contributed by atoms with van der Waals surface area (Å²) in [4.78, 5) is 43.0. The van der Waals surface area contributed by atoms with Gasteiger partial charge >= 0.3 is 12.3 Å². The van der Waals surface area contributed by atoms with E-state index in [1.54, 1.807) is 85.6 Å². The molecule has 10 rings (SSSR count). The van der Waals surface area contributed by atoms with Crippen LogP contribution in [0.15, 0.2) is 182 Å². The van der Waals surface area contributed by atoms with E-state index >= 15 is 0 Å². The molecule has 5 N–H and O–H groups in total. The lowest BCUT2D eigenvalue weighted by Gasteiger charge is -2.09. The number of alkyl halides is 3. The number of nitro benzene ring substituents is 2. The topological polar surface area (TPSA) is 303 Å². The molecule has 8 aromatic carbocycles. The predicted octanol–water partition coefficient (Wildman–Crippen LogP) is 16.7. The molecule has 2 aromatic heterocycles. The molecular formula is C74H75Cl3F9N9O15. The van der Waals surface area contributed by atoms with Crippen LogP contribution in [0, 0.1) is 62.1 Å². The SMILES string of the molecule is COCCOc1ccc(CC(=O)CCc2cc(C)nn2-c2cccc(Cl)c2)cc1F.COCCOc1ccc(N)cc1F.COCCOc1ccc(NC(=O)Oc2ccccc2)cc1F.COCCOc1ccc([N+](=O)[O-])cc1F.Cl.NCc1cc(C(F)(F)F)nn1-c1cccc(Cl)c1.O=[N+]([O-])c1ccc(F)c(F)c1. The van der Waals surface area contributed by atoms with Gasteiger partial charge in [0.25, 0.3) is 11.4 Å². The number of anilines is 2. The standard InChI is InChI=1S/C23H24ClFN2O3.C16H16FNO4.C11H9ClF3N3.C9H10FNO4.C9H12FNO2.C6H3F2NO2.ClH/c1-16-12-20(27(26-16)19-5-3-4-18(24)15-19)7-8-21(28)13-17-6-9-23(22(25)14-17)30-11-10-29-2;1-20-9-10-21-15-8-7-12(11-14(15)17)18-16(19)22-13-5-3-2-4-6-13;12-7-2-1-3-8(4-7)18-9(6-16)5-10(17-18)11(13,14)15;1-14-4-5-15-9-3-2-7(11(12)13)6-8(9)10;1-12-4-5-13-9-3-2-7(11)6-8(9)10;7-5-2-1-4(9(10)11)3-6(5)8;/h3-6,9,12,14-15H,7-8,10-11,13H2,1-2H3;2-8,11H,9-10H2,1H3,(H,18,19);1-5H,6,16H2;2-3,6H,4-5H2,1H3;2-3,6H,4-5,11H2,1H3;1-3H;1H. The summed E-state index contributed by atoms with van der Waals surface area (Å²) in [7, 11) is 6.14. The van der Waals surface area contributed by atoms with Crippen LogP contribution in [0.2, 0.25) is 10.0 Å². The summed E-state index contributed by atoms with van der Waals surface area (Å²) >= 11 is 11.9. The Bertz CT molecular complexity index is 4550. The van der Waals surface area contributed by atoms with Crippen LogP contribution in [0.4, 0.5) is 67.1 Å². The number of benzene rings is 8. The van der Waals surface area contributed by atoms with Crippen LogP contribution in [0.3, 0.4) is 0 Å². The molecule has 0 bridgehead atoms. The second-order valence-corrected chi connectivity index (χ2v) is 22.9. The fourth-order valence-corrected chi connectivity index (χ4v) is 9.15. The van der Waals surface area contributed by atoms with Crippen molar-refractivity contribution in [1.82, 2.24) is 19.6 Å². The predicted molar refractivity (Wildman–Crippen MR) is 394 cm³/mol. The minimum atomic E-state index is -4.49. The first-order valence-electron chi connectivity index (χ1n) is 32.2. The van der Waals surface area contributed by atoms with Crippen molar-refractivity contribution in [2.45, 2.75) is 38.9 Å². The highest BCUT2D eigenvalue weighted by Gasteiger charge is 2.35. The quantitative estimate of drug-likeness (QED) is 0.0135. The van der Waals surface area contributed by atoms with Gasteiger partial charge in [0.15, 0.2) is 63.6 Å². The molecule has 0 aliphatic heterocycles. The van der Waals surface area contributed by atoms with Crippen LogP contribution < -0.4 is 40.5 Å². The molecule has 0 unspecified atom stereocenters. The second kappa shape index (κ2) is 47.7. The third-order valence-electron chi connectivity index (χ3n) is 13.9. The van der Waals surface area contributed by atoms with Crippen molar-refractivity contribution in [2.24, 2.45) is 5.73 Å². The molecule has 0 atom stereocenters. The van der Waals surface area contributed by atoms with E-state index < -0.39 is 68.4 Å². The average Bonchev–Trinajstić information content (AvgIpc) is 1.66. The number of non-ortho nitro benzene ring substituents is 2. The van der Waals surface area contributed by atoms with E-state index in [2.05, 4.69) is 15.5 Å². The fourth-order valence-electron chi connectivity index (χ4n) is 8.78. The number of nitrogen functional groups attached to an aromatic ring is 1. The van der Waals surface area contributed by atoms with E-state index in [1.165, 1.54) is 62.8 Å². The van der Waals surface area contributed by atoms with Crippen molar-refractivity contribution in [3.63, 3.8) is 0 Å². The fraction of sp³-hybridized carbons (Fsp3) is 0.243. The van der Waals surface area contributed by atoms with E-state index in [1.807, 2.05) is 37.3 Å². The van der Waals surface area contributed by atoms with Crippen LogP contribution in [0.25, 0.3) is 11.4 Å². The Balaban J connectivity index is 0.000000287. The molecule has 0 fully saturated rings. The number of nitrogens with one attached hydrogen (secondary N) is 1. The molecule has 0 saturated heterocycles. The summed E-state index contributed by atoms with van der Waals surface area (Å²) < 4.78 is 164. The number of carbonyl (C=O) groups excluding carboxylic acids is 2. The molecule has 110 heavy (non-hydrogen) atoms. The van der Waals surface area contributed by atoms with Crippen molar-refractivity contribution >= 4 is 70.2 Å². The number of nitro groups is 2. The first-order valence-corrected chi connectivity index (χ1v) is 32.9.